The Morgan fingerprint density at radius 1 is 1.07 bits per heavy atom. The van der Waals surface area contributed by atoms with Crippen molar-refractivity contribution in [2.75, 3.05) is 27.4 Å². The lowest BCUT2D eigenvalue weighted by atomic mass is 9.92. The molecule has 0 fully saturated rings. The Morgan fingerprint density at radius 2 is 1.75 bits per heavy atom. The van der Waals surface area contributed by atoms with Gasteiger partial charge in [-0.05, 0) is 53.8 Å². The second kappa shape index (κ2) is 9.00. The van der Waals surface area contributed by atoms with Gasteiger partial charge in [0.25, 0.3) is 0 Å². The molecule has 0 N–H and O–H groups in total. The van der Waals surface area contributed by atoms with E-state index in [1.165, 1.54) is 11.1 Å². The molecule has 1 unspecified atom stereocenters. The molecule has 0 aromatic heterocycles. The van der Waals surface area contributed by atoms with Gasteiger partial charge < -0.3 is 19.1 Å². The number of aryl methyl sites for hydroxylation is 1. The molecule has 0 bridgehead atoms. The van der Waals surface area contributed by atoms with Crippen molar-refractivity contribution in [1.82, 2.24) is 4.90 Å². The molecule has 0 saturated heterocycles. The third kappa shape index (κ3) is 4.08. The summed E-state index contributed by atoms with van der Waals surface area (Å²) >= 11 is 0. The lowest BCUT2D eigenvalue weighted by molar-refractivity contribution is -0.134. The van der Waals surface area contributed by atoms with E-state index in [0.717, 1.165) is 24.2 Å². The second-order valence-corrected chi connectivity index (χ2v) is 6.92. The predicted molar refractivity (Wildman–Crippen MR) is 109 cm³/mol. The van der Waals surface area contributed by atoms with E-state index >= 15 is 0 Å². The third-order valence-electron chi connectivity index (χ3n) is 5.36. The fourth-order valence-electron chi connectivity index (χ4n) is 3.71. The van der Waals surface area contributed by atoms with E-state index in [9.17, 15) is 4.79 Å². The highest BCUT2D eigenvalue weighted by Gasteiger charge is 2.32. The molecule has 0 spiro atoms. The van der Waals surface area contributed by atoms with E-state index in [1.807, 2.05) is 36.1 Å². The molecule has 2 aromatic carbocycles. The van der Waals surface area contributed by atoms with Crippen molar-refractivity contribution < 1.29 is 19.0 Å². The number of carbonyl (C=O) groups excluding carboxylic acids is 1. The summed E-state index contributed by atoms with van der Waals surface area (Å²) in [5.41, 5.74) is 3.51. The van der Waals surface area contributed by atoms with Gasteiger partial charge in [-0.25, -0.2) is 0 Å². The number of carbonyl (C=O) groups is 1. The highest BCUT2D eigenvalue weighted by Crippen LogP contribution is 2.38. The van der Waals surface area contributed by atoms with Gasteiger partial charge in [-0.1, -0.05) is 26.0 Å². The first-order chi connectivity index (χ1) is 13.6. The summed E-state index contributed by atoms with van der Waals surface area (Å²) in [4.78, 5) is 14.5. The maximum atomic E-state index is 12.6. The Kier molecular flexibility index (Phi) is 6.45. The topological polar surface area (TPSA) is 48.0 Å². The zero-order chi connectivity index (χ0) is 20.1. The van der Waals surface area contributed by atoms with Crippen LogP contribution in [0.5, 0.6) is 17.2 Å². The smallest absolute Gasteiger partial charge is 0.222 e. The lowest BCUT2D eigenvalue weighted by Gasteiger charge is -2.37. The van der Waals surface area contributed by atoms with E-state index in [1.54, 1.807) is 14.2 Å². The molecule has 0 saturated carbocycles. The molecule has 0 aliphatic carbocycles. The predicted octanol–water partition coefficient (Wildman–Crippen LogP) is 4.18. The summed E-state index contributed by atoms with van der Waals surface area (Å²) in [5.74, 6) is 2.33. The van der Waals surface area contributed by atoms with E-state index < -0.39 is 0 Å². The molecule has 5 heteroatoms. The summed E-state index contributed by atoms with van der Waals surface area (Å²) in [6, 6.07) is 12.0. The maximum Gasteiger partial charge on any atom is 0.222 e. The Balaban J connectivity index is 1.90. The normalized spacial score (nSPS) is 15.7. The largest absolute Gasteiger partial charge is 0.493 e. The van der Waals surface area contributed by atoms with Gasteiger partial charge in [0.1, 0.15) is 12.4 Å². The maximum absolute atomic E-state index is 12.6. The van der Waals surface area contributed by atoms with Crippen LogP contribution in [-0.2, 0) is 17.6 Å². The van der Waals surface area contributed by atoms with E-state index in [2.05, 4.69) is 19.1 Å². The minimum absolute atomic E-state index is 0.135. The van der Waals surface area contributed by atoms with Crippen LogP contribution in [0.2, 0.25) is 0 Å². The van der Waals surface area contributed by atoms with Crippen LogP contribution in [0.4, 0.5) is 0 Å². The summed E-state index contributed by atoms with van der Waals surface area (Å²) < 4.78 is 17.0. The summed E-state index contributed by atoms with van der Waals surface area (Å²) in [5, 5.41) is 0. The molecule has 1 heterocycles. The average Bonchev–Trinajstić information content (AvgIpc) is 2.75. The highest BCUT2D eigenvalue weighted by molar-refractivity contribution is 5.77. The molecular weight excluding hydrogens is 354 g/mol. The number of ether oxygens (including phenoxy) is 3. The molecule has 3 rings (SSSR count). The zero-order valence-corrected chi connectivity index (χ0v) is 17.2. The SMILES string of the molecule is CCC(=O)N1CCc2cc(OC)c(OC)cc2C1COc1ccc(CC)cc1. The van der Waals surface area contributed by atoms with Gasteiger partial charge in [0.05, 0.1) is 20.3 Å². The van der Waals surface area contributed by atoms with E-state index in [-0.39, 0.29) is 11.9 Å². The Labute approximate surface area is 167 Å². The number of methoxy groups -OCH3 is 2. The average molecular weight is 383 g/mol. The van der Waals surface area contributed by atoms with Crippen LogP contribution in [-0.4, -0.2) is 38.2 Å². The fraction of sp³-hybridized carbons (Fsp3) is 0.435. The van der Waals surface area contributed by atoms with Crippen LogP contribution in [0.15, 0.2) is 36.4 Å². The first-order valence-corrected chi connectivity index (χ1v) is 9.87. The summed E-state index contributed by atoms with van der Waals surface area (Å²) in [7, 11) is 3.27. The van der Waals surface area contributed by atoms with E-state index in [0.29, 0.717) is 31.1 Å². The van der Waals surface area contributed by atoms with Crippen LogP contribution < -0.4 is 14.2 Å². The minimum Gasteiger partial charge on any atom is -0.493 e. The third-order valence-corrected chi connectivity index (χ3v) is 5.36. The standard InChI is InChI=1S/C23H29NO4/c1-5-16-7-9-18(10-8-16)28-15-20-19-14-22(27-4)21(26-3)13-17(19)11-12-24(20)23(25)6-2/h7-10,13-14,20H,5-6,11-12,15H2,1-4H3. The molecule has 1 amide bonds. The highest BCUT2D eigenvalue weighted by atomic mass is 16.5. The first-order valence-electron chi connectivity index (χ1n) is 9.87. The lowest BCUT2D eigenvalue weighted by Crippen LogP contribution is -2.42. The van der Waals surface area contributed by atoms with Crippen molar-refractivity contribution in [3.8, 4) is 17.2 Å². The number of benzene rings is 2. The van der Waals surface area contributed by atoms with Crippen LogP contribution >= 0.6 is 0 Å². The number of amides is 1. The molecule has 1 atom stereocenters. The van der Waals surface area contributed by atoms with Gasteiger partial charge in [-0.3, -0.25) is 4.79 Å². The molecule has 28 heavy (non-hydrogen) atoms. The number of fused-ring (bicyclic) bond motifs is 1. The van der Waals surface area contributed by atoms with Gasteiger partial charge >= 0.3 is 0 Å². The fourth-order valence-corrected chi connectivity index (χ4v) is 3.71. The quantitative estimate of drug-likeness (QED) is 0.720. The minimum atomic E-state index is -0.151. The van der Waals surface area contributed by atoms with Gasteiger partial charge in [0.2, 0.25) is 5.91 Å². The monoisotopic (exact) mass is 383 g/mol. The van der Waals surface area contributed by atoms with Crippen LogP contribution in [0.3, 0.4) is 0 Å². The molecule has 0 radical (unpaired) electrons. The van der Waals surface area contributed by atoms with Gasteiger partial charge in [-0.2, -0.15) is 0 Å². The number of rotatable bonds is 7. The van der Waals surface area contributed by atoms with Crippen molar-refractivity contribution in [1.29, 1.82) is 0 Å². The van der Waals surface area contributed by atoms with Crippen LogP contribution in [0.25, 0.3) is 0 Å². The van der Waals surface area contributed by atoms with Crippen molar-refractivity contribution in [2.24, 2.45) is 0 Å². The second-order valence-electron chi connectivity index (χ2n) is 6.92. The van der Waals surface area contributed by atoms with Crippen molar-refractivity contribution in [3.63, 3.8) is 0 Å². The van der Waals surface area contributed by atoms with E-state index in [4.69, 9.17) is 14.2 Å². The van der Waals surface area contributed by atoms with Crippen molar-refractivity contribution in [3.05, 3.63) is 53.1 Å². The zero-order valence-electron chi connectivity index (χ0n) is 17.2. The molecule has 5 nitrogen and oxygen atoms in total. The van der Waals surface area contributed by atoms with Crippen molar-refractivity contribution >= 4 is 5.91 Å². The molecule has 1 aliphatic heterocycles. The van der Waals surface area contributed by atoms with Crippen LogP contribution in [0, 0.1) is 0 Å². The Hall–Kier alpha value is -2.69. The molecule has 150 valence electrons. The van der Waals surface area contributed by atoms with Gasteiger partial charge in [0, 0.05) is 13.0 Å². The summed E-state index contributed by atoms with van der Waals surface area (Å²) in [6.07, 6.45) is 2.27. The van der Waals surface area contributed by atoms with Gasteiger partial charge in [-0.15, -0.1) is 0 Å². The van der Waals surface area contributed by atoms with Crippen molar-refractivity contribution in [2.45, 2.75) is 39.2 Å². The summed E-state index contributed by atoms with van der Waals surface area (Å²) in [6.45, 7) is 5.11. The van der Waals surface area contributed by atoms with Gasteiger partial charge in [0.15, 0.2) is 11.5 Å². The van der Waals surface area contributed by atoms with Crippen LogP contribution in [0.1, 0.15) is 43.0 Å². The molecule has 2 aromatic rings. The number of nitrogens with zero attached hydrogens (tertiary/aromatic N) is 1. The molecule has 1 aliphatic rings. The Bertz CT molecular complexity index is 816. The first kappa shape index (κ1) is 20.1. The Morgan fingerprint density at radius 3 is 2.36 bits per heavy atom. The number of hydrogen-bond donors (Lipinski definition) is 0. The number of hydrogen-bond acceptors (Lipinski definition) is 4. The molecular formula is C23H29NO4.